The average Bonchev–Trinajstić information content (AvgIpc) is 2.49. The van der Waals surface area contributed by atoms with Crippen LogP contribution in [0.15, 0.2) is 31.9 Å². The van der Waals surface area contributed by atoms with Crippen molar-refractivity contribution in [3.05, 3.63) is 31.9 Å². The first kappa shape index (κ1) is 19.2. The smallest absolute Gasteiger partial charge is 1.00 e. The van der Waals surface area contributed by atoms with Crippen LogP contribution in [0.25, 0.3) is 0 Å². The SMILES string of the molecule is CC1=CC2=[C]([Zr+3])C(Br)P(C)C2=C1.[Cl-].[Cl-].[Cl-]. The van der Waals surface area contributed by atoms with Gasteiger partial charge in [-0.1, -0.05) is 0 Å². The largest absolute Gasteiger partial charge is 1.00 e. The number of hydrogen-bond acceptors (Lipinski definition) is 0. The summed E-state index contributed by atoms with van der Waals surface area (Å²) in [5.41, 5.74) is 2.97. The first-order valence-corrected chi connectivity index (χ1v) is 7.84. The maximum Gasteiger partial charge on any atom is -1.00 e. The third-order valence-electron chi connectivity index (χ3n) is 2.26. The molecule has 6 heteroatoms. The summed E-state index contributed by atoms with van der Waals surface area (Å²) in [7, 11) is 0.0415. The second-order valence-corrected chi connectivity index (χ2v) is 8.36. The van der Waals surface area contributed by atoms with Crippen LogP contribution >= 0.6 is 23.9 Å². The molecule has 0 amide bonds. The van der Waals surface area contributed by atoms with E-state index in [0.717, 1.165) is 0 Å². The molecule has 0 aromatic rings. The van der Waals surface area contributed by atoms with E-state index in [4.69, 9.17) is 0 Å². The molecule has 1 aliphatic heterocycles. The van der Waals surface area contributed by atoms with Gasteiger partial charge in [0.1, 0.15) is 0 Å². The number of halogens is 4. The minimum Gasteiger partial charge on any atom is -1.00 e. The van der Waals surface area contributed by atoms with E-state index >= 15 is 0 Å². The Kier molecular flexibility index (Phi) is 9.42. The molecule has 2 aliphatic rings. The van der Waals surface area contributed by atoms with Gasteiger partial charge in [0.2, 0.25) is 0 Å². The topological polar surface area (TPSA) is 0 Å². The minimum atomic E-state index is 0. The van der Waals surface area contributed by atoms with Crippen molar-refractivity contribution < 1.29 is 61.9 Å². The Labute approximate surface area is 134 Å². The van der Waals surface area contributed by atoms with Crippen molar-refractivity contribution in [2.75, 3.05) is 6.66 Å². The van der Waals surface area contributed by atoms with Crippen LogP contribution in [0.4, 0.5) is 0 Å². The summed E-state index contributed by atoms with van der Waals surface area (Å²) < 4.78 is 2.27. The predicted molar refractivity (Wildman–Crippen MR) is 54.4 cm³/mol. The van der Waals surface area contributed by atoms with Crippen LogP contribution in [0.3, 0.4) is 0 Å². The number of hydrogen-bond donors (Lipinski definition) is 0. The van der Waals surface area contributed by atoms with Crippen molar-refractivity contribution in [1.29, 1.82) is 0 Å². The summed E-state index contributed by atoms with van der Waals surface area (Å²) in [5.74, 6) is 0. The molecule has 0 aromatic carbocycles. The molecule has 0 nitrogen and oxygen atoms in total. The van der Waals surface area contributed by atoms with E-state index in [1.165, 1.54) is 5.57 Å². The molecular weight excluding hydrogens is 417 g/mol. The van der Waals surface area contributed by atoms with Crippen LogP contribution in [0.2, 0.25) is 0 Å². The Morgan fingerprint density at radius 2 is 1.80 bits per heavy atom. The van der Waals surface area contributed by atoms with Crippen LogP contribution in [0.1, 0.15) is 6.92 Å². The maximum absolute atomic E-state index is 3.77. The molecule has 1 aliphatic carbocycles. The summed E-state index contributed by atoms with van der Waals surface area (Å²) in [4.78, 5) is 0. The van der Waals surface area contributed by atoms with Gasteiger partial charge < -0.3 is 37.2 Å². The molecule has 0 N–H and O–H groups in total. The molecule has 2 unspecified atom stereocenters. The number of allylic oxidation sites excluding steroid dienone is 6. The summed E-state index contributed by atoms with van der Waals surface area (Å²) >= 11 is 5.33. The Hall–Kier alpha value is 1.88. The zero-order chi connectivity index (χ0) is 8.88. The summed E-state index contributed by atoms with van der Waals surface area (Å²) in [6, 6.07) is 0. The van der Waals surface area contributed by atoms with Gasteiger partial charge in [-0.3, -0.25) is 0 Å². The van der Waals surface area contributed by atoms with Gasteiger partial charge in [0, 0.05) is 0 Å². The molecule has 0 fully saturated rings. The van der Waals surface area contributed by atoms with Crippen LogP contribution in [-0.2, 0) is 24.7 Å². The molecule has 2 atom stereocenters. The first-order chi connectivity index (χ1) is 5.61. The molecule has 2 rings (SSSR count). The van der Waals surface area contributed by atoms with Crippen molar-refractivity contribution in [2.45, 2.75) is 11.5 Å². The fraction of sp³-hybridized carbons (Fsp3) is 0.333. The van der Waals surface area contributed by atoms with Crippen LogP contribution in [-0.4, -0.2) is 11.2 Å². The van der Waals surface area contributed by atoms with E-state index in [1.54, 1.807) is 38.9 Å². The Morgan fingerprint density at radius 3 is 2.27 bits per heavy atom. The van der Waals surface area contributed by atoms with E-state index in [0.29, 0.717) is 4.57 Å². The van der Waals surface area contributed by atoms with Gasteiger partial charge in [-0.2, -0.15) is 0 Å². The molecule has 0 aromatic heterocycles. The van der Waals surface area contributed by atoms with Crippen molar-refractivity contribution in [1.82, 2.24) is 0 Å². The normalized spacial score (nSPS) is 27.0. The third-order valence-corrected chi connectivity index (χ3v) is 9.64. The van der Waals surface area contributed by atoms with Gasteiger partial charge >= 0.3 is 98.6 Å². The van der Waals surface area contributed by atoms with Gasteiger partial charge in [-0.05, 0) is 0 Å². The quantitative estimate of drug-likeness (QED) is 0.268. The van der Waals surface area contributed by atoms with Crippen molar-refractivity contribution in [3.8, 4) is 0 Å². The van der Waals surface area contributed by atoms with Crippen LogP contribution < -0.4 is 37.2 Å². The monoisotopic (exact) mass is 422 g/mol. The Bertz CT molecular complexity index is 338. The van der Waals surface area contributed by atoms with E-state index in [1.807, 2.05) is 0 Å². The summed E-state index contributed by atoms with van der Waals surface area (Å²) in [6.07, 6.45) is 4.69. The molecule has 0 saturated heterocycles. The second kappa shape index (κ2) is 7.35. The molecule has 82 valence electrons. The van der Waals surface area contributed by atoms with Gasteiger partial charge in [0.15, 0.2) is 0 Å². The molecule has 1 heterocycles. The molecular formula is C9H9BrCl3PZr. The van der Waals surface area contributed by atoms with Gasteiger partial charge in [0.25, 0.3) is 0 Å². The molecule has 0 bridgehead atoms. The van der Waals surface area contributed by atoms with Gasteiger partial charge in [0.05, 0.1) is 0 Å². The van der Waals surface area contributed by atoms with Gasteiger partial charge in [-0.15, -0.1) is 0 Å². The summed E-state index contributed by atoms with van der Waals surface area (Å²) in [6.45, 7) is 4.55. The van der Waals surface area contributed by atoms with E-state index < -0.39 is 0 Å². The Morgan fingerprint density at radius 1 is 1.27 bits per heavy atom. The van der Waals surface area contributed by atoms with E-state index in [2.05, 4.69) is 41.7 Å². The van der Waals surface area contributed by atoms with Crippen LogP contribution in [0, 0.1) is 0 Å². The van der Waals surface area contributed by atoms with E-state index in [-0.39, 0.29) is 45.1 Å². The zero-order valence-corrected chi connectivity index (χ0v) is 15.4. The van der Waals surface area contributed by atoms with Crippen molar-refractivity contribution >= 4 is 23.9 Å². The standard InChI is InChI=1S/C9H9BrP.3ClH.Zr/c1-6-3-7-5-9(10)11(2)8(7)4-6;;;;/h3-4,9H,1-2H3;3*1H;/q;;;;+3/p-3. The number of rotatable bonds is 0. The van der Waals surface area contributed by atoms with Gasteiger partial charge in [-0.25, -0.2) is 0 Å². The molecule has 15 heavy (non-hydrogen) atoms. The van der Waals surface area contributed by atoms with Crippen LogP contribution in [0.5, 0.6) is 0 Å². The fourth-order valence-corrected chi connectivity index (χ4v) is 6.43. The zero-order valence-electron chi connectivity index (χ0n) is 8.19. The number of fused-ring (bicyclic) bond motifs is 1. The van der Waals surface area contributed by atoms with Crippen molar-refractivity contribution in [2.24, 2.45) is 0 Å². The second-order valence-electron chi connectivity index (χ2n) is 3.19. The average molecular weight is 426 g/mol. The Balaban J connectivity index is 0. The molecule has 0 radical (unpaired) electrons. The maximum atomic E-state index is 3.77. The molecule has 0 saturated carbocycles. The third kappa shape index (κ3) is 3.43. The predicted octanol–water partition coefficient (Wildman–Crippen LogP) is -5.51. The van der Waals surface area contributed by atoms with E-state index in [9.17, 15) is 0 Å². The summed E-state index contributed by atoms with van der Waals surface area (Å²) in [5, 5.41) is 1.61. The van der Waals surface area contributed by atoms with Crippen molar-refractivity contribution in [3.63, 3.8) is 0 Å². The number of alkyl halides is 1. The molecule has 0 spiro atoms. The fourth-order valence-electron chi connectivity index (χ4n) is 1.59. The minimum absolute atomic E-state index is 0. The first-order valence-electron chi connectivity index (χ1n) is 3.84.